The van der Waals surface area contributed by atoms with E-state index in [1.165, 1.54) is 0 Å². The van der Waals surface area contributed by atoms with Crippen LogP contribution in [0.3, 0.4) is 0 Å². The van der Waals surface area contributed by atoms with E-state index in [0.717, 1.165) is 4.47 Å². The number of H-pyrrole nitrogens is 1. The lowest BCUT2D eigenvalue weighted by atomic mass is 10.2. The third-order valence-corrected chi connectivity index (χ3v) is 2.53. The molecule has 0 spiro atoms. The number of methoxy groups -OCH3 is 1. The highest BCUT2D eigenvalue weighted by Crippen LogP contribution is 2.33. The van der Waals surface area contributed by atoms with E-state index in [2.05, 4.69) is 30.6 Å². The predicted octanol–water partition coefficient (Wildman–Crippen LogP) is 1.80. The summed E-state index contributed by atoms with van der Waals surface area (Å²) in [7, 11) is 1.55. The van der Waals surface area contributed by atoms with Crippen LogP contribution in [0.5, 0.6) is 5.75 Å². The van der Waals surface area contributed by atoms with Crippen LogP contribution in [-0.4, -0.2) is 17.3 Å². The Hall–Kier alpha value is -1.56. The minimum Gasteiger partial charge on any atom is -0.496 e. The van der Waals surface area contributed by atoms with Gasteiger partial charge in [-0.15, -0.1) is 0 Å². The molecule has 0 fully saturated rings. The maximum atomic E-state index is 10.8. The fourth-order valence-corrected chi connectivity index (χ4v) is 1.78. The molecule has 0 bridgehead atoms. The van der Waals surface area contributed by atoms with Crippen molar-refractivity contribution in [2.75, 3.05) is 7.11 Å². The maximum absolute atomic E-state index is 10.8. The summed E-state index contributed by atoms with van der Waals surface area (Å²) in [6.45, 7) is 0. The number of nitrogens with one attached hydrogen (secondary N) is 1. The van der Waals surface area contributed by atoms with Crippen molar-refractivity contribution in [2.24, 2.45) is 0 Å². The molecule has 0 radical (unpaired) electrons. The molecule has 15 heavy (non-hydrogen) atoms. The second-order valence-corrected chi connectivity index (χ2v) is 3.62. The molecule has 0 unspecified atom stereocenters. The highest BCUT2D eigenvalue weighted by atomic mass is 79.9. The molecule has 0 saturated carbocycles. The lowest BCUT2D eigenvalue weighted by molar-refractivity contribution is 0.386. The zero-order chi connectivity index (χ0) is 10.8. The molecule has 1 heterocycles. The summed E-state index contributed by atoms with van der Waals surface area (Å²) in [6.07, 6.45) is 0. The first kappa shape index (κ1) is 9.97. The summed E-state index contributed by atoms with van der Waals surface area (Å²) in [4.78, 5) is 13.3. The molecule has 78 valence electrons. The van der Waals surface area contributed by atoms with Gasteiger partial charge in [-0.2, -0.15) is 0 Å². The van der Waals surface area contributed by atoms with Crippen LogP contribution in [0.1, 0.15) is 0 Å². The van der Waals surface area contributed by atoms with Crippen LogP contribution in [0.4, 0.5) is 0 Å². The minimum absolute atomic E-state index is 0.337. The lowest BCUT2D eigenvalue weighted by Gasteiger charge is -2.06. The Morgan fingerprint density at radius 2 is 2.33 bits per heavy atom. The van der Waals surface area contributed by atoms with E-state index < -0.39 is 5.76 Å². The Labute approximate surface area is 93.2 Å². The molecule has 1 aromatic carbocycles. The molecule has 2 rings (SSSR count). The van der Waals surface area contributed by atoms with E-state index in [1.54, 1.807) is 13.2 Å². The van der Waals surface area contributed by atoms with Gasteiger partial charge in [-0.05, 0) is 28.1 Å². The minimum atomic E-state index is -0.595. The standard InChI is InChI=1S/C9H7BrN2O3/c1-14-6-4-2-3-5(10)7(6)8-11-9(13)15-12-8/h2-4H,1H3,(H,11,12,13). The highest BCUT2D eigenvalue weighted by Gasteiger charge is 2.13. The van der Waals surface area contributed by atoms with Crippen molar-refractivity contribution in [3.63, 3.8) is 0 Å². The summed E-state index contributed by atoms with van der Waals surface area (Å²) < 4.78 is 10.4. The van der Waals surface area contributed by atoms with Crippen molar-refractivity contribution in [3.8, 4) is 17.1 Å². The van der Waals surface area contributed by atoms with Crippen LogP contribution in [0.15, 0.2) is 32.0 Å². The SMILES string of the molecule is COc1cccc(Br)c1-c1noc(=O)[nH]1. The Morgan fingerprint density at radius 1 is 1.53 bits per heavy atom. The molecule has 5 nitrogen and oxygen atoms in total. The van der Waals surface area contributed by atoms with Crippen LogP contribution < -0.4 is 10.5 Å². The van der Waals surface area contributed by atoms with Crippen molar-refractivity contribution in [1.82, 2.24) is 10.1 Å². The van der Waals surface area contributed by atoms with Crippen molar-refractivity contribution in [3.05, 3.63) is 33.2 Å². The number of aromatic amines is 1. The summed E-state index contributed by atoms with van der Waals surface area (Å²) in [6, 6.07) is 5.42. The summed E-state index contributed by atoms with van der Waals surface area (Å²) in [5, 5.41) is 3.60. The second kappa shape index (κ2) is 3.90. The Morgan fingerprint density at radius 3 is 2.93 bits per heavy atom. The molecule has 0 aliphatic carbocycles. The third kappa shape index (κ3) is 1.80. The number of halogens is 1. The van der Waals surface area contributed by atoms with Crippen molar-refractivity contribution in [2.45, 2.75) is 0 Å². The molecular weight excluding hydrogens is 264 g/mol. The molecule has 0 saturated heterocycles. The van der Waals surface area contributed by atoms with E-state index in [4.69, 9.17) is 4.74 Å². The van der Waals surface area contributed by atoms with Gasteiger partial charge in [0.15, 0.2) is 5.82 Å². The zero-order valence-electron chi connectivity index (χ0n) is 7.78. The first-order valence-electron chi connectivity index (χ1n) is 4.11. The number of ether oxygens (including phenoxy) is 1. The number of nitrogens with zero attached hydrogens (tertiary/aromatic N) is 1. The Bertz CT molecular complexity index is 532. The Kier molecular flexibility index (Phi) is 2.59. The smallest absolute Gasteiger partial charge is 0.439 e. The van der Waals surface area contributed by atoms with Crippen LogP contribution in [0.25, 0.3) is 11.4 Å². The van der Waals surface area contributed by atoms with Crippen molar-refractivity contribution in [1.29, 1.82) is 0 Å². The van der Waals surface area contributed by atoms with Gasteiger partial charge < -0.3 is 4.74 Å². The van der Waals surface area contributed by atoms with Crippen LogP contribution >= 0.6 is 15.9 Å². The molecular formula is C9H7BrN2O3. The number of aromatic nitrogens is 2. The topological polar surface area (TPSA) is 68.1 Å². The summed E-state index contributed by atoms with van der Waals surface area (Å²) in [5.74, 6) is 0.348. The maximum Gasteiger partial charge on any atom is 0.439 e. The van der Waals surface area contributed by atoms with Gasteiger partial charge in [-0.25, -0.2) is 4.79 Å². The molecule has 6 heteroatoms. The average Bonchev–Trinajstić information content (AvgIpc) is 2.64. The molecule has 2 aromatic rings. The van der Waals surface area contributed by atoms with Crippen LogP contribution in [0.2, 0.25) is 0 Å². The van der Waals surface area contributed by atoms with Gasteiger partial charge in [0, 0.05) is 4.47 Å². The normalized spacial score (nSPS) is 10.3. The Balaban J connectivity index is 2.65. The zero-order valence-corrected chi connectivity index (χ0v) is 9.37. The number of benzene rings is 1. The largest absolute Gasteiger partial charge is 0.496 e. The fourth-order valence-electron chi connectivity index (χ4n) is 1.24. The monoisotopic (exact) mass is 270 g/mol. The molecule has 1 aromatic heterocycles. The second-order valence-electron chi connectivity index (χ2n) is 2.76. The van der Waals surface area contributed by atoms with Gasteiger partial charge in [-0.3, -0.25) is 9.51 Å². The first-order valence-corrected chi connectivity index (χ1v) is 4.90. The first-order chi connectivity index (χ1) is 7.22. The van der Waals surface area contributed by atoms with E-state index >= 15 is 0 Å². The van der Waals surface area contributed by atoms with Gasteiger partial charge in [0.2, 0.25) is 0 Å². The van der Waals surface area contributed by atoms with Crippen molar-refractivity contribution < 1.29 is 9.26 Å². The number of hydrogen-bond acceptors (Lipinski definition) is 4. The quantitative estimate of drug-likeness (QED) is 0.904. The molecule has 0 amide bonds. The van der Waals surface area contributed by atoms with Crippen LogP contribution in [-0.2, 0) is 0 Å². The molecule has 0 atom stereocenters. The molecule has 0 aliphatic heterocycles. The van der Waals surface area contributed by atoms with Gasteiger partial charge in [-0.1, -0.05) is 11.2 Å². The average molecular weight is 271 g/mol. The van der Waals surface area contributed by atoms with Gasteiger partial charge >= 0.3 is 5.76 Å². The van der Waals surface area contributed by atoms with Gasteiger partial charge in [0.05, 0.1) is 12.7 Å². The fraction of sp³-hybridized carbons (Fsp3) is 0.111. The third-order valence-electron chi connectivity index (χ3n) is 1.87. The number of rotatable bonds is 2. The summed E-state index contributed by atoms with van der Waals surface area (Å²) in [5.41, 5.74) is 0.658. The highest BCUT2D eigenvalue weighted by molar-refractivity contribution is 9.10. The van der Waals surface area contributed by atoms with E-state index in [-0.39, 0.29) is 0 Å². The van der Waals surface area contributed by atoms with Crippen LogP contribution in [0, 0.1) is 0 Å². The van der Waals surface area contributed by atoms with E-state index in [1.807, 2.05) is 12.1 Å². The summed E-state index contributed by atoms with van der Waals surface area (Å²) >= 11 is 3.35. The number of hydrogen-bond donors (Lipinski definition) is 1. The van der Waals surface area contributed by atoms with E-state index in [9.17, 15) is 4.79 Å². The van der Waals surface area contributed by atoms with E-state index in [0.29, 0.717) is 17.1 Å². The molecule has 0 aliphatic rings. The predicted molar refractivity (Wildman–Crippen MR) is 56.8 cm³/mol. The van der Waals surface area contributed by atoms with Crippen molar-refractivity contribution >= 4 is 15.9 Å². The van der Waals surface area contributed by atoms with Gasteiger partial charge in [0.25, 0.3) is 0 Å². The lowest BCUT2D eigenvalue weighted by Crippen LogP contribution is -1.96. The molecule has 1 N–H and O–H groups in total. The van der Waals surface area contributed by atoms with Gasteiger partial charge in [0.1, 0.15) is 5.75 Å².